The molecule has 0 saturated carbocycles. The van der Waals surface area contributed by atoms with Crippen molar-refractivity contribution in [3.05, 3.63) is 37.5 Å². The maximum Gasteiger partial charge on any atom is 0.223 e. The second-order valence-corrected chi connectivity index (χ2v) is 4.21. The van der Waals surface area contributed by atoms with Crippen molar-refractivity contribution in [3.63, 3.8) is 0 Å². The third-order valence-corrected chi connectivity index (χ3v) is 3.08. The molecule has 1 fully saturated rings. The first kappa shape index (κ1) is 12.8. The Bertz CT molecular complexity index is 293. The molecule has 88 valence electrons. The Hall–Kier alpha value is -1.31. The Morgan fingerprint density at radius 3 is 2.81 bits per heavy atom. The molecule has 0 aromatic carbocycles. The number of amides is 1. The quantitative estimate of drug-likeness (QED) is 0.366. The molecule has 0 spiro atoms. The average molecular weight is 219 g/mol. The normalized spacial score (nSPS) is 19.9. The molecule has 1 aliphatic rings. The van der Waals surface area contributed by atoms with Crippen LogP contribution in [0.25, 0.3) is 0 Å². The molecule has 2 heteroatoms. The second kappa shape index (κ2) is 6.31. The summed E-state index contributed by atoms with van der Waals surface area (Å²) in [5.74, 6) is 0.256. The Morgan fingerprint density at radius 1 is 1.44 bits per heavy atom. The summed E-state index contributed by atoms with van der Waals surface area (Å²) in [5.41, 5.74) is 0.967. The van der Waals surface area contributed by atoms with Gasteiger partial charge in [0.2, 0.25) is 5.91 Å². The number of likely N-dealkylation sites (tertiary alicyclic amines) is 1. The number of rotatable bonds is 7. The van der Waals surface area contributed by atoms with Crippen molar-refractivity contribution < 1.29 is 4.79 Å². The zero-order valence-corrected chi connectivity index (χ0v) is 9.95. The lowest BCUT2D eigenvalue weighted by molar-refractivity contribution is -0.128. The van der Waals surface area contributed by atoms with Gasteiger partial charge in [0.05, 0.1) is 6.04 Å². The summed E-state index contributed by atoms with van der Waals surface area (Å²) < 4.78 is 0. The Kier molecular flexibility index (Phi) is 5.03. The molecule has 1 saturated heterocycles. The first-order chi connectivity index (χ1) is 7.70. The number of allylic oxidation sites excluding steroid dienone is 1. The number of hydrogen-bond acceptors (Lipinski definition) is 1. The van der Waals surface area contributed by atoms with E-state index in [0.29, 0.717) is 6.42 Å². The van der Waals surface area contributed by atoms with Gasteiger partial charge in [-0.3, -0.25) is 4.79 Å². The average Bonchev–Trinajstić information content (AvgIpc) is 2.65. The Balaban J connectivity index is 2.46. The van der Waals surface area contributed by atoms with E-state index in [2.05, 4.69) is 19.7 Å². The molecule has 0 aromatic rings. The van der Waals surface area contributed by atoms with E-state index in [9.17, 15) is 4.79 Å². The lowest BCUT2D eigenvalue weighted by atomic mass is 10.1. The molecule has 16 heavy (non-hydrogen) atoms. The van der Waals surface area contributed by atoms with Crippen LogP contribution in [0.4, 0.5) is 0 Å². The molecule has 2 nitrogen and oxygen atoms in total. The van der Waals surface area contributed by atoms with Gasteiger partial charge in [0, 0.05) is 13.0 Å². The van der Waals surface area contributed by atoms with E-state index in [-0.39, 0.29) is 11.9 Å². The molecular formula is C14H21NO. The molecule has 0 radical (unpaired) electrons. The number of nitrogens with zero attached hydrogens (tertiary/aromatic N) is 1. The van der Waals surface area contributed by atoms with Crippen molar-refractivity contribution in [1.29, 1.82) is 0 Å². The van der Waals surface area contributed by atoms with Crippen molar-refractivity contribution in [3.8, 4) is 0 Å². The van der Waals surface area contributed by atoms with Crippen LogP contribution >= 0.6 is 0 Å². The van der Waals surface area contributed by atoms with E-state index in [4.69, 9.17) is 0 Å². The van der Waals surface area contributed by atoms with Gasteiger partial charge in [0.15, 0.2) is 0 Å². The van der Waals surface area contributed by atoms with Gasteiger partial charge < -0.3 is 4.90 Å². The van der Waals surface area contributed by atoms with Crippen molar-refractivity contribution >= 4 is 5.91 Å². The van der Waals surface area contributed by atoms with Crippen LogP contribution in [0.1, 0.15) is 32.1 Å². The molecule has 0 aliphatic carbocycles. The number of carbonyl (C=O) groups is 1. The van der Waals surface area contributed by atoms with Crippen molar-refractivity contribution in [1.82, 2.24) is 4.90 Å². The van der Waals surface area contributed by atoms with E-state index >= 15 is 0 Å². The van der Waals surface area contributed by atoms with Crippen LogP contribution < -0.4 is 0 Å². The highest BCUT2D eigenvalue weighted by Crippen LogP contribution is 2.24. The van der Waals surface area contributed by atoms with Gasteiger partial charge in [-0.15, -0.1) is 6.58 Å². The number of carbonyl (C=O) groups excluding carboxylic acids is 1. The maximum atomic E-state index is 11.7. The minimum atomic E-state index is 0.189. The van der Waals surface area contributed by atoms with Crippen LogP contribution in [0.5, 0.6) is 0 Å². The SMILES string of the molecule is C=CCCCCN1C(=O)CCC1C(=C)C=C. The highest BCUT2D eigenvalue weighted by atomic mass is 16.2. The van der Waals surface area contributed by atoms with Crippen molar-refractivity contribution in [2.24, 2.45) is 0 Å². The van der Waals surface area contributed by atoms with Crippen LogP contribution in [0.15, 0.2) is 37.5 Å². The minimum Gasteiger partial charge on any atom is -0.336 e. The van der Waals surface area contributed by atoms with Crippen LogP contribution in [0, 0.1) is 0 Å². The standard InChI is InChI=1S/C14H21NO/c1-4-6-7-8-11-15-13(12(3)5-2)9-10-14(15)16/h4-5,13H,1-3,6-11H2. The van der Waals surface area contributed by atoms with E-state index in [1.807, 2.05) is 11.0 Å². The molecule has 1 heterocycles. The number of unbranched alkanes of at least 4 members (excludes halogenated alkanes) is 2. The first-order valence-electron chi connectivity index (χ1n) is 5.92. The van der Waals surface area contributed by atoms with Gasteiger partial charge in [-0.05, 0) is 31.3 Å². The van der Waals surface area contributed by atoms with E-state index < -0.39 is 0 Å². The molecule has 0 N–H and O–H groups in total. The topological polar surface area (TPSA) is 20.3 Å². The van der Waals surface area contributed by atoms with E-state index in [0.717, 1.165) is 37.8 Å². The lowest BCUT2D eigenvalue weighted by Crippen LogP contribution is -2.34. The zero-order chi connectivity index (χ0) is 12.0. The molecule has 0 bridgehead atoms. The van der Waals surface area contributed by atoms with Gasteiger partial charge in [-0.25, -0.2) is 0 Å². The van der Waals surface area contributed by atoms with Crippen molar-refractivity contribution in [2.75, 3.05) is 6.54 Å². The van der Waals surface area contributed by atoms with Gasteiger partial charge in [-0.1, -0.05) is 25.3 Å². The summed E-state index contributed by atoms with van der Waals surface area (Å²) in [6.07, 6.45) is 8.39. The third kappa shape index (κ3) is 3.09. The summed E-state index contributed by atoms with van der Waals surface area (Å²) in [6.45, 7) is 12.2. The minimum absolute atomic E-state index is 0.189. The molecule has 0 aromatic heterocycles. The molecule has 1 amide bonds. The van der Waals surface area contributed by atoms with E-state index in [1.165, 1.54) is 0 Å². The third-order valence-electron chi connectivity index (χ3n) is 3.08. The smallest absolute Gasteiger partial charge is 0.223 e. The van der Waals surface area contributed by atoms with Gasteiger partial charge in [0.25, 0.3) is 0 Å². The molecule has 1 unspecified atom stereocenters. The summed E-state index contributed by atoms with van der Waals surface area (Å²) in [4.78, 5) is 13.7. The molecule has 1 aliphatic heterocycles. The fourth-order valence-electron chi connectivity index (χ4n) is 2.11. The Morgan fingerprint density at radius 2 is 2.19 bits per heavy atom. The summed E-state index contributed by atoms with van der Waals surface area (Å²) in [6, 6.07) is 0.189. The highest BCUT2D eigenvalue weighted by Gasteiger charge is 2.30. The fourth-order valence-corrected chi connectivity index (χ4v) is 2.11. The van der Waals surface area contributed by atoms with Gasteiger partial charge in [0.1, 0.15) is 0 Å². The largest absolute Gasteiger partial charge is 0.336 e. The summed E-state index contributed by atoms with van der Waals surface area (Å²) in [5, 5.41) is 0. The zero-order valence-electron chi connectivity index (χ0n) is 9.95. The van der Waals surface area contributed by atoms with Crippen LogP contribution in [0.3, 0.4) is 0 Å². The van der Waals surface area contributed by atoms with Gasteiger partial charge in [-0.2, -0.15) is 0 Å². The molecular weight excluding hydrogens is 198 g/mol. The maximum absolute atomic E-state index is 11.7. The van der Waals surface area contributed by atoms with Gasteiger partial charge >= 0.3 is 0 Å². The van der Waals surface area contributed by atoms with Crippen LogP contribution in [-0.4, -0.2) is 23.4 Å². The summed E-state index contributed by atoms with van der Waals surface area (Å²) >= 11 is 0. The van der Waals surface area contributed by atoms with E-state index in [1.54, 1.807) is 6.08 Å². The predicted molar refractivity (Wildman–Crippen MR) is 68.1 cm³/mol. The first-order valence-corrected chi connectivity index (χ1v) is 5.92. The van der Waals surface area contributed by atoms with Crippen molar-refractivity contribution in [2.45, 2.75) is 38.1 Å². The fraction of sp³-hybridized carbons (Fsp3) is 0.500. The lowest BCUT2D eigenvalue weighted by Gasteiger charge is -2.25. The monoisotopic (exact) mass is 219 g/mol. The second-order valence-electron chi connectivity index (χ2n) is 4.21. The predicted octanol–water partition coefficient (Wildman–Crippen LogP) is 3.08. The number of hydrogen-bond donors (Lipinski definition) is 0. The molecule has 1 rings (SSSR count). The summed E-state index contributed by atoms with van der Waals surface area (Å²) in [7, 11) is 0. The van der Waals surface area contributed by atoms with Crippen LogP contribution in [-0.2, 0) is 4.79 Å². The molecule has 1 atom stereocenters. The highest BCUT2D eigenvalue weighted by molar-refractivity contribution is 5.79. The Labute approximate surface area is 98.3 Å². The van der Waals surface area contributed by atoms with Crippen LogP contribution in [0.2, 0.25) is 0 Å².